The molecule has 29 heavy (non-hydrogen) atoms. The summed E-state index contributed by atoms with van der Waals surface area (Å²) in [5, 5.41) is 23.2. The highest BCUT2D eigenvalue weighted by Gasteiger charge is 2.24. The molecule has 0 saturated carbocycles. The molecule has 1 heterocycles. The smallest absolute Gasteiger partial charge is 0.161 e. The molecule has 5 nitrogen and oxygen atoms in total. The monoisotopic (exact) mass is 391 g/mol. The molecule has 0 saturated heterocycles. The van der Waals surface area contributed by atoms with Gasteiger partial charge in [0.2, 0.25) is 0 Å². The molecule has 3 N–H and O–H groups in total. The van der Waals surface area contributed by atoms with Crippen LogP contribution in [0.3, 0.4) is 0 Å². The first-order valence-corrected chi connectivity index (χ1v) is 9.78. The number of nitrogens with one attached hydrogen (secondary N) is 1. The van der Waals surface area contributed by atoms with E-state index in [0.717, 1.165) is 36.1 Å². The molecule has 1 unspecified atom stereocenters. The Hall–Kier alpha value is -3.18. The zero-order valence-electron chi connectivity index (χ0n) is 16.4. The maximum atomic E-state index is 9.95. The van der Waals surface area contributed by atoms with Gasteiger partial charge >= 0.3 is 0 Å². The molecule has 1 aliphatic heterocycles. The number of aromatic hydroxyl groups is 2. The first-order chi connectivity index (χ1) is 14.2. The Labute approximate surface area is 170 Å². The fourth-order valence-corrected chi connectivity index (χ4v) is 3.79. The lowest BCUT2D eigenvalue weighted by molar-refractivity contribution is 0.297. The van der Waals surface area contributed by atoms with Gasteiger partial charge in [0, 0.05) is 13.0 Å². The molecule has 0 amide bonds. The molecular formula is C24H25NO4. The summed E-state index contributed by atoms with van der Waals surface area (Å²) in [5.41, 5.74) is 4.25. The highest BCUT2D eigenvalue weighted by atomic mass is 16.5. The summed E-state index contributed by atoms with van der Waals surface area (Å²) >= 11 is 0. The van der Waals surface area contributed by atoms with Crippen LogP contribution in [-0.4, -0.2) is 30.5 Å². The van der Waals surface area contributed by atoms with Crippen LogP contribution in [0.25, 0.3) is 0 Å². The minimum Gasteiger partial charge on any atom is -0.504 e. The van der Waals surface area contributed by atoms with Crippen molar-refractivity contribution < 1.29 is 19.7 Å². The van der Waals surface area contributed by atoms with Crippen molar-refractivity contribution in [3.63, 3.8) is 0 Å². The highest BCUT2D eigenvalue weighted by molar-refractivity contribution is 5.52. The lowest BCUT2D eigenvalue weighted by Crippen LogP contribution is -2.30. The number of fused-ring (bicyclic) bond motifs is 1. The van der Waals surface area contributed by atoms with Gasteiger partial charge in [0.1, 0.15) is 0 Å². The van der Waals surface area contributed by atoms with Crippen LogP contribution in [0.5, 0.6) is 23.0 Å². The molecule has 0 spiro atoms. The number of methoxy groups -OCH3 is 1. The van der Waals surface area contributed by atoms with Gasteiger partial charge in [0.05, 0.1) is 19.8 Å². The Balaban J connectivity index is 1.54. The van der Waals surface area contributed by atoms with Gasteiger partial charge in [-0.2, -0.15) is 0 Å². The van der Waals surface area contributed by atoms with E-state index in [1.54, 1.807) is 19.2 Å². The van der Waals surface area contributed by atoms with E-state index in [1.165, 1.54) is 5.56 Å². The van der Waals surface area contributed by atoms with Crippen molar-refractivity contribution in [2.75, 3.05) is 20.3 Å². The Kier molecular flexibility index (Phi) is 5.58. The highest BCUT2D eigenvalue weighted by Crippen LogP contribution is 2.38. The van der Waals surface area contributed by atoms with Crippen molar-refractivity contribution in [3.05, 3.63) is 82.9 Å². The van der Waals surface area contributed by atoms with Gasteiger partial charge in [0.15, 0.2) is 23.0 Å². The van der Waals surface area contributed by atoms with E-state index in [0.29, 0.717) is 18.1 Å². The zero-order valence-corrected chi connectivity index (χ0v) is 16.4. The minimum absolute atomic E-state index is 0.0795. The quantitative estimate of drug-likeness (QED) is 0.555. The minimum atomic E-state index is -0.106. The molecule has 1 aliphatic rings. The normalized spacial score (nSPS) is 15.6. The van der Waals surface area contributed by atoms with Crippen molar-refractivity contribution in [2.24, 2.45) is 0 Å². The number of ether oxygens (including phenoxy) is 2. The van der Waals surface area contributed by atoms with Crippen LogP contribution < -0.4 is 14.8 Å². The topological polar surface area (TPSA) is 71.0 Å². The van der Waals surface area contributed by atoms with E-state index in [4.69, 9.17) is 9.47 Å². The molecule has 5 heteroatoms. The Morgan fingerprint density at radius 2 is 1.76 bits per heavy atom. The average molecular weight is 391 g/mol. The summed E-state index contributed by atoms with van der Waals surface area (Å²) < 4.78 is 11.5. The fraction of sp³-hybridized carbons (Fsp3) is 0.250. The van der Waals surface area contributed by atoms with Crippen molar-refractivity contribution in [1.82, 2.24) is 5.32 Å². The van der Waals surface area contributed by atoms with Crippen LogP contribution >= 0.6 is 0 Å². The van der Waals surface area contributed by atoms with Crippen molar-refractivity contribution in [2.45, 2.75) is 18.9 Å². The number of hydrogen-bond donors (Lipinski definition) is 3. The second kappa shape index (κ2) is 8.45. The second-order valence-electron chi connectivity index (χ2n) is 7.17. The molecule has 150 valence electrons. The number of phenols is 2. The molecule has 0 radical (unpaired) electrons. The molecule has 0 aliphatic carbocycles. The van der Waals surface area contributed by atoms with Gasteiger partial charge in [-0.25, -0.2) is 0 Å². The van der Waals surface area contributed by atoms with Crippen LogP contribution in [-0.2, 0) is 12.8 Å². The van der Waals surface area contributed by atoms with E-state index < -0.39 is 0 Å². The van der Waals surface area contributed by atoms with Gasteiger partial charge < -0.3 is 25.0 Å². The van der Waals surface area contributed by atoms with Gasteiger partial charge in [-0.05, 0) is 52.9 Å². The molecule has 3 aromatic carbocycles. The Morgan fingerprint density at radius 1 is 0.966 bits per heavy atom. The third-order valence-corrected chi connectivity index (χ3v) is 5.30. The third kappa shape index (κ3) is 4.15. The third-order valence-electron chi connectivity index (χ3n) is 5.30. The molecule has 3 aromatic rings. The van der Waals surface area contributed by atoms with Gasteiger partial charge in [-0.1, -0.05) is 36.4 Å². The summed E-state index contributed by atoms with van der Waals surface area (Å²) in [6, 6.07) is 19.3. The van der Waals surface area contributed by atoms with E-state index >= 15 is 0 Å². The van der Waals surface area contributed by atoms with Crippen molar-refractivity contribution >= 4 is 0 Å². The van der Waals surface area contributed by atoms with Crippen LogP contribution in [0.2, 0.25) is 0 Å². The van der Waals surface area contributed by atoms with E-state index in [1.807, 2.05) is 36.4 Å². The first-order valence-electron chi connectivity index (χ1n) is 9.78. The van der Waals surface area contributed by atoms with Crippen molar-refractivity contribution in [3.8, 4) is 23.0 Å². The van der Waals surface area contributed by atoms with E-state index in [-0.39, 0.29) is 17.5 Å². The summed E-state index contributed by atoms with van der Waals surface area (Å²) in [4.78, 5) is 0. The molecule has 0 bridgehead atoms. The predicted molar refractivity (Wildman–Crippen MR) is 112 cm³/mol. The first kappa shape index (κ1) is 19.2. The van der Waals surface area contributed by atoms with Crippen LogP contribution in [0.4, 0.5) is 0 Å². The summed E-state index contributed by atoms with van der Waals surface area (Å²) in [7, 11) is 1.63. The maximum absolute atomic E-state index is 9.95. The van der Waals surface area contributed by atoms with E-state index in [9.17, 15) is 10.2 Å². The van der Waals surface area contributed by atoms with Crippen LogP contribution in [0, 0.1) is 0 Å². The second-order valence-corrected chi connectivity index (χ2v) is 7.17. The molecular weight excluding hydrogens is 366 g/mol. The number of hydrogen-bond acceptors (Lipinski definition) is 5. The van der Waals surface area contributed by atoms with Crippen LogP contribution in [0.1, 0.15) is 28.3 Å². The number of benzene rings is 3. The molecule has 0 fully saturated rings. The Bertz CT molecular complexity index is 988. The van der Waals surface area contributed by atoms with Crippen molar-refractivity contribution in [1.29, 1.82) is 0 Å². The number of rotatable bonds is 6. The summed E-state index contributed by atoms with van der Waals surface area (Å²) in [6.45, 7) is 1.36. The SMILES string of the molecule is COc1cc(C2NCCc3cc(O)c(O)cc32)ccc1OCCc1ccccc1. The van der Waals surface area contributed by atoms with E-state index in [2.05, 4.69) is 17.4 Å². The van der Waals surface area contributed by atoms with Gasteiger partial charge in [-0.3, -0.25) is 0 Å². The summed E-state index contributed by atoms with van der Waals surface area (Å²) in [5.74, 6) is 1.19. The largest absolute Gasteiger partial charge is 0.504 e. The maximum Gasteiger partial charge on any atom is 0.161 e. The molecule has 1 atom stereocenters. The summed E-state index contributed by atoms with van der Waals surface area (Å²) in [6.07, 6.45) is 1.63. The average Bonchev–Trinajstić information content (AvgIpc) is 2.75. The zero-order chi connectivity index (χ0) is 20.2. The predicted octanol–water partition coefficient (Wildman–Crippen LogP) is 3.96. The Morgan fingerprint density at radius 3 is 2.55 bits per heavy atom. The molecule has 4 rings (SSSR count). The standard InChI is InChI=1S/C24H25NO4/c1-28-23-14-18(7-8-22(23)29-12-10-16-5-3-2-4-6-16)24-19-15-21(27)20(26)13-17(19)9-11-25-24/h2-8,13-15,24-27H,9-12H2,1H3. The lowest BCUT2D eigenvalue weighted by atomic mass is 9.89. The number of phenolic OH excluding ortho intramolecular Hbond substituents is 2. The van der Waals surface area contributed by atoms with Crippen LogP contribution in [0.15, 0.2) is 60.7 Å². The van der Waals surface area contributed by atoms with Gasteiger partial charge in [-0.15, -0.1) is 0 Å². The van der Waals surface area contributed by atoms with Gasteiger partial charge in [0.25, 0.3) is 0 Å². The lowest BCUT2D eigenvalue weighted by Gasteiger charge is -2.28. The molecule has 0 aromatic heterocycles. The fourth-order valence-electron chi connectivity index (χ4n) is 3.79.